The first kappa shape index (κ1) is 15.2. The van der Waals surface area contributed by atoms with E-state index >= 15 is 0 Å². The summed E-state index contributed by atoms with van der Waals surface area (Å²) in [5, 5.41) is 5.38. The number of nitrogens with one attached hydrogen (secondary N) is 1. The van der Waals surface area contributed by atoms with Crippen molar-refractivity contribution in [3.63, 3.8) is 0 Å². The fourth-order valence-electron chi connectivity index (χ4n) is 4.18. The van der Waals surface area contributed by atoms with Crippen molar-refractivity contribution in [2.75, 3.05) is 19.6 Å². The normalized spacial score (nSPS) is 28.5. The van der Waals surface area contributed by atoms with Gasteiger partial charge in [0, 0.05) is 30.6 Å². The van der Waals surface area contributed by atoms with Crippen molar-refractivity contribution >= 4 is 16.7 Å². The number of amides is 1. The topological polar surface area (TPSA) is 32.3 Å². The Morgan fingerprint density at radius 3 is 2.83 bits per heavy atom. The molecule has 3 saturated heterocycles. The standard InChI is InChI=1S/C21H22N2O/c1-2-15-14-23-10-9-18(15)12-20(23)13-22-21(24)19-8-7-16-5-3-4-6-17(16)11-19/h1,3-8,11,15,18,20H,9-10,12-14H2,(H,22,24). The molecule has 3 heteroatoms. The highest BCUT2D eigenvalue weighted by molar-refractivity contribution is 5.98. The lowest BCUT2D eigenvalue weighted by atomic mass is 9.76. The highest BCUT2D eigenvalue weighted by Crippen LogP contribution is 2.35. The van der Waals surface area contributed by atoms with E-state index in [2.05, 4.69) is 22.2 Å². The van der Waals surface area contributed by atoms with Crippen LogP contribution in [0.5, 0.6) is 0 Å². The molecular formula is C21H22N2O. The van der Waals surface area contributed by atoms with Crippen LogP contribution in [0.25, 0.3) is 10.8 Å². The molecule has 4 unspecified atom stereocenters. The number of terminal acetylenes is 1. The summed E-state index contributed by atoms with van der Waals surface area (Å²) in [7, 11) is 0. The van der Waals surface area contributed by atoms with Crippen molar-refractivity contribution in [3.8, 4) is 12.3 Å². The molecule has 2 bridgehead atoms. The lowest BCUT2D eigenvalue weighted by molar-refractivity contribution is 0.0227. The number of hydrogen-bond donors (Lipinski definition) is 1. The Kier molecular flexibility index (Phi) is 4.00. The zero-order valence-electron chi connectivity index (χ0n) is 13.7. The van der Waals surface area contributed by atoms with Gasteiger partial charge in [-0.25, -0.2) is 0 Å². The van der Waals surface area contributed by atoms with Gasteiger partial charge in [0.15, 0.2) is 0 Å². The van der Waals surface area contributed by atoms with Gasteiger partial charge in [0.2, 0.25) is 0 Å². The molecule has 0 saturated carbocycles. The van der Waals surface area contributed by atoms with Crippen LogP contribution >= 0.6 is 0 Å². The maximum atomic E-state index is 12.5. The van der Waals surface area contributed by atoms with E-state index in [-0.39, 0.29) is 5.91 Å². The van der Waals surface area contributed by atoms with Crippen LogP contribution in [0, 0.1) is 24.2 Å². The van der Waals surface area contributed by atoms with Gasteiger partial charge in [0.1, 0.15) is 0 Å². The highest BCUT2D eigenvalue weighted by Gasteiger charge is 2.39. The zero-order chi connectivity index (χ0) is 16.5. The van der Waals surface area contributed by atoms with Crippen LogP contribution in [0.3, 0.4) is 0 Å². The highest BCUT2D eigenvalue weighted by atomic mass is 16.1. The van der Waals surface area contributed by atoms with E-state index in [9.17, 15) is 4.79 Å². The largest absolute Gasteiger partial charge is 0.350 e. The third-order valence-electron chi connectivity index (χ3n) is 5.60. The van der Waals surface area contributed by atoms with E-state index in [0.29, 0.717) is 24.4 Å². The Bertz CT molecular complexity index is 807. The molecule has 3 heterocycles. The lowest BCUT2D eigenvalue weighted by Gasteiger charge is -2.48. The van der Waals surface area contributed by atoms with Gasteiger partial charge in [-0.2, -0.15) is 0 Å². The molecule has 1 N–H and O–H groups in total. The number of hydrogen-bond acceptors (Lipinski definition) is 2. The molecule has 1 amide bonds. The molecule has 2 aromatic rings. The third kappa shape index (κ3) is 2.79. The van der Waals surface area contributed by atoms with Crippen LogP contribution in [0.4, 0.5) is 0 Å². The second kappa shape index (κ2) is 6.30. The van der Waals surface area contributed by atoms with E-state index in [1.54, 1.807) is 0 Å². The second-order valence-corrected chi connectivity index (χ2v) is 6.98. The number of piperidine rings is 3. The summed E-state index contributed by atoms with van der Waals surface area (Å²) >= 11 is 0. The number of fused-ring (bicyclic) bond motifs is 4. The van der Waals surface area contributed by atoms with Crippen molar-refractivity contribution < 1.29 is 4.79 Å². The fourth-order valence-corrected chi connectivity index (χ4v) is 4.18. The quantitative estimate of drug-likeness (QED) is 0.883. The van der Waals surface area contributed by atoms with Gasteiger partial charge < -0.3 is 5.32 Å². The maximum absolute atomic E-state index is 12.5. The molecule has 3 nitrogen and oxygen atoms in total. The summed E-state index contributed by atoms with van der Waals surface area (Å²) in [6, 6.07) is 14.4. The van der Waals surface area contributed by atoms with Crippen LogP contribution in [0.15, 0.2) is 42.5 Å². The molecule has 2 aromatic carbocycles. The van der Waals surface area contributed by atoms with E-state index in [0.717, 1.165) is 35.8 Å². The predicted octanol–water partition coefficient (Wildman–Crippen LogP) is 2.91. The van der Waals surface area contributed by atoms with Gasteiger partial charge in [-0.05, 0) is 48.2 Å². The first-order valence-electron chi connectivity index (χ1n) is 8.72. The first-order chi connectivity index (χ1) is 11.7. The summed E-state index contributed by atoms with van der Waals surface area (Å²) in [4.78, 5) is 14.9. The third-order valence-corrected chi connectivity index (χ3v) is 5.60. The fraction of sp³-hybridized carbons (Fsp3) is 0.381. The molecule has 3 aliphatic rings. The van der Waals surface area contributed by atoms with E-state index in [4.69, 9.17) is 6.42 Å². The minimum absolute atomic E-state index is 0.0110. The van der Waals surface area contributed by atoms with Crippen molar-refractivity contribution in [3.05, 3.63) is 48.0 Å². The lowest BCUT2D eigenvalue weighted by Crippen LogP contribution is -2.56. The molecule has 122 valence electrons. The SMILES string of the molecule is C#CC1CN2CCC1CC2CNC(=O)c1ccc2ccccc2c1. The van der Waals surface area contributed by atoms with E-state index in [1.165, 1.54) is 6.42 Å². The van der Waals surface area contributed by atoms with Crippen molar-refractivity contribution in [2.45, 2.75) is 18.9 Å². The Hall–Kier alpha value is -2.31. The van der Waals surface area contributed by atoms with Crippen LogP contribution in [-0.2, 0) is 0 Å². The summed E-state index contributed by atoms with van der Waals surface area (Å²) in [6.07, 6.45) is 7.93. The molecule has 3 aliphatic heterocycles. The van der Waals surface area contributed by atoms with Gasteiger partial charge in [0.05, 0.1) is 0 Å². The van der Waals surface area contributed by atoms with E-state index in [1.807, 2.05) is 36.4 Å². The van der Waals surface area contributed by atoms with Crippen molar-refractivity contribution in [1.29, 1.82) is 0 Å². The molecule has 5 rings (SSSR count). The zero-order valence-corrected chi connectivity index (χ0v) is 13.7. The van der Waals surface area contributed by atoms with Crippen molar-refractivity contribution in [1.82, 2.24) is 10.2 Å². The monoisotopic (exact) mass is 318 g/mol. The number of rotatable bonds is 3. The predicted molar refractivity (Wildman–Crippen MR) is 96.7 cm³/mol. The molecule has 24 heavy (non-hydrogen) atoms. The summed E-state index contributed by atoms with van der Waals surface area (Å²) in [6.45, 7) is 2.80. The van der Waals surface area contributed by atoms with E-state index < -0.39 is 0 Å². The van der Waals surface area contributed by atoms with Crippen molar-refractivity contribution in [2.24, 2.45) is 11.8 Å². The van der Waals surface area contributed by atoms with Crippen LogP contribution in [0.1, 0.15) is 23.2 Å². The molecule has 0 aromatic heterocycles. The van der Waals surface area contributed by atoms with Crippen LogP contribution < -0.4 is 5.32 Å². The Morgan fingerprint density at radius 1 is 1.25 bits per heavy atom. The number of carbonyl (C=O) groups excluding carboxylic acids is 1. The van der Waals surface area contributed by atoms with Crippen LogP contribution in [0.2, 0.25) is 0 Å². The molecule has 4 atom stereocenters. The second-order valence-electron chi connectivity index (χ2n) is 6.98. The smallest absolute Gasteiger partial charge is 0.251 e. The molecule has 0 radical (unpaired) electrons. The van der Waals surface area contributed by atoms with Gasteiger partial charge in [-0.15, -0.1) is 12.3 Å². The average molecular weight is 318 g/mol. The van der Waals surface area contributed by atoms with Gasteiger partial charge in [-0.1, -0.05) is 30.3 Å². The minimum atomic E-state index is 0.0110. The molecule has 3 fully saturated rings. The number of nitrogens with zero attached hydrogens (tertiary/aromatic N) is 1. The maximum Gasteiger partial charge on any atom is 0.251 e. The van der Waals surface area contributed by atoms with Gasteiger partial charge in [-0.3, -0.25) is 9.69 Å². The summed E-state index contributed by atoms with van der Waals surface area (Å²) < 4.78 is 0. The first-order valence-corrected chi connectivity index (χ1v) is 8.72. The number of carbonyl (C=O) groups is 1. The summed E-state index contributed by atoms with van der Waals surface area (Å²) in [5.41, 5.74) is 0.728. The van der Waals surface area contributed by atoms with Gasteiger partial charge in [0.25, 0.3) is 5.91 Å². The summed E-state index contributed by atoms with van der Waals surface area (Å²) in [5.74, 6) is 3.97. The Balaban J connectivity index is 1.41. The minimum Gasteiger partial charge on any atom is -0.350 e. The average Bonchev–Trinajstić information content (AvgIpc) is 2.66. The van der Waals surface area contributed by atoms with Crippen LogP contribution in [-0.4, -0.2) is 36.5 Å². The Labute approximate surface area is 143 Å². The van der Waals surface area contributed by atoms with Gasteiger partial charge >= 0.3 is 0 Å². The Morgan fingerprint density at radius 2 is 2.08 bits per heavy atom. The molecular weight excluding hydrogens is 296 g/mol. The molecule has 0 aliphatic carbocycles. The molecule has 0 spiro atoms. The number of benzene rings is 2.